The Morgan fingerprint density at radius 1 is 0.220 bits per heavy atom. The maximum atomic E-state index is 5.42. The number of hydrogen-bond donors (Lipinski definition) is 0. The maximum absolute atomic E-state index is 5.42. The summed E-state index contributed by atoms with van der Waals surface area (Å²) in [6, 6.07) is 102. The fourth-order valence-corrected chi connectivity index (χ4v) is 13.3. The van der Waals surface area contributed by atoms with E-state index in [-0.39, 0.29) is 5.41 Å². The third kappa shape index (κ3) is 9.95. The Labute approximate surface area is 530 Å². The quantitative estimate of drug-likeness (QED) is 0.126. The standard InChI is InChI=1S/C83H60N8/c1-82(2)67-41-24-23-40-65(67)66-49-70-76(50-68(66)82)91(81-89-77(57-34-19-9-20-35-57)88-78(90-81)58-36-21-10-22-37-58)75-43-42-61(48-69(75)83(70,3)4)59-38-25-39-60(44-59)62-45-63(79-84-71(53-26-11-5-12-27-53)51-72(85-79)54-28-13-6-14-29-54)47-64(46-62)80-86-73(55-30-15-7-16-31-55)52-74(87-80)56-32-17-8-18-33-56/h5-52H,1-4H3. The van der Waals surface area contributed by atoms with Crippen LogP contribution in [-0.4, -0.2) is 34.9 Å². The van der Waals surface area contributed by atoms with Crippen molar-refractivity contribution in [2.45, 2.75) is 38.5 Å². The fraction of sp³-hybridized carbons (Fsp3) is 0.0723. The molecule has 0 saturated heterocycles. The highest BCUT2D eigenvalue weighted by Crippen LogP contribution is 2.58. The van der Waals surface area contributed by atoms with E-state index in [1.807, 2.05) is 60.7 Å². The lowest BCUT2D eigenvalue weighted by atomic mass is 9.71. The van der Waals surface area contributed by atoms with E-state index < -0.39 is 5.41 Å². The molecule has 4 heterocycles. The summed E-state index contributed by atoms with van der Waals surface area (Å²) in [5.41, 5.74) is 23.7. The zero-order valence-electron chi connectivity index (χ0n) is 50.8. The zero-order chi connectivity index (χ0) is 61.2. The van der Waals surface area contributed by atoms with E-state index in [2.05, 4.69) is 263 Å². The van der Waals surface area contributed by atoms with E-state index in [1.165, 1.54) is 27.8 Å². The second-order valence-corrected chi connectivity index (χ2v) is 24.6. The van der Waals surface area contributed by atoms with Gasteiger partial charge in [0.05, 0.1) is 34.2 Å². The Hall–Kier alpha value is -11.6. The van der Waals surface area contributed by atoms with Gasteiger partial charge in [0.15, 0.2) is 23.3 Å². The Kier molecular flexibility index (Phi) is 13.4. The molecule has 0 amide bonds. The van der Waals surface area contributed by atoms with Gasteiger partial charge in [0, 0.05) is 55.3 Å². The van der Waals surface area contributed by atoms with Crippen molar-refractivity contribution in [1.29, 1.82) is 0 Å². The lowest BCUT2D eigenvalue weighted by molar-refractivity contribution is 0.626. The van der Waals surface area contributed by atoms with Crippen molar-refractivity contribution < 1.29 is 0 Å². The Morgan fingerprint density at radius 3 is 1.07 bits per heavy atom. The molecule has 2 aliphatic rings. The number of nitrogens with zero attached hydrogens (tertiary/aromatic N) is 8. The molecule has 3 aromatic heterocycles. The lowest BCUT2D eigenvalue weighted by Crippen LogP contribution is -2.32. The molecule has 8 nitrogen and oxygen atoms in total. The number of fused-ring (bicyclic) bond motifs is 5. The first-order valence-corrected chi connectivity index (χ1v) is 30.9. The summed E-state index contributed by atoms with van der Waals surface area (Å²) in [4.78, 5) is 39.8. The molecule has 0 radical (unpaired) electrons. The largest absolute Gasteiger partial charge is 0.278 e. The van der Waals surface area contributed by atoms with Gasteiger partial charge in [-0.15, -0.1) is 0 Å². The average Bonchev–Trinajstić information content (AvgIpc) is 1.69. The van der Waals surface area contributed by atoms with Crippen molar-refractivity contribution in [2.24, 2.45) is 0 Å². The highest BCUT2D eigenvalue weighted by atomic mass is 15.3. The molecule has 16 rings (SSSR count). The van der Waals surface area contributed by atoms with Gasteiger partial charge in [0.25, 0.3) is 0 Å². The normalized spacial score (nSPS) is 13.2. The smallest absolute Gasteiger partial charge is 0.238 e. The highest BCUT2D eigenvalue weighted by molar-refractivity contribution is 5.92. The minimum absolute atomic E-state index is 0.246. The average molecular weight is 1170 g/mol. The molecular formula is C83H60N8. The van der Waals surface area contributed by atoms with Crippen LogP contribution in [0.4, 0.5) is 17.3 Å². The first-order chi connectivity index (χ1) is 44.6. The summed E-state index contributed by atoms with van der Waals surface area (Å²) < 4.78 is 0. The van der Waals surface area contributed by atoms with Crippen LogP contribution in [0, 0.1) is 0 Å². The summed E-state index contributed by atoms with van der Waals surface area (Å²) in [5.74, 6) is 2.93. The van der Waals surface area contributed by atoms with Gasteiger partial charge in [0.2, 0.25) is 5.95 Å². The molecule has 14 aromatic rings. The molecular weight excluding hydrogens is 1110 g/mol. The van der Waals surface area contributed by atoms with E-state index in [9.17, 15) is 0 Å². The number of aromatic nitrogens is 7. The second-order valence-electron chi connectivity index (χ2n) is 24.6. The van der Waals surface area contributed by atoms with Crippen LogP contribution < -0.4 is 4.90 Å². The van der Waals surface area contributed by atoms with Gasteiger partial charge in [-0.3, -0.25) is 4.90 Å². The molecule has 432 valence electrons. The first kappa shape index (κ1) is 54.8. The number of hydrogen-bond acceptors (Lipinski definition) is 8. The molecule has 0 saturated carbocycles. The third-order valence-electron chi connectivity index (χ3n) is 18.1. The minimum Gasteiger partial charge on any atom is -0.278 e. The first-order valence-electron chi connectivity index (χ1n) is 30.9. The number of anilines is 3. The lowest BCUT2D eigenvalue weighted by Gasteiger charge is -2.42. The van der Waals surface area contributed by atoms with Crippen LogP contribution in [0.15, 0.2) is 291 Å². The topological polar surface area (TPSA) is 93.5 Å². The summed E-state index contributed by atoms with van der Waals surface area (Å²) >= 11 is 0. The molecule has 0 fully saturated rings. The Morgan fingerprint density at radius 2 is 0.582 bits per heavy atom. The molecule has 11 aromatic carbocycles. The molecule has 1 aliphatic heterocycles. The Balaban J connectivity index is 0.883. The van der Waals surface area contributed by atoms with Crippen LogP contribution in [0.25, 0.3) is 124 Å². The second kappa shape index (κ2) is 22.2. The fourth-order valence-electron chi connectivity index (χ4n) is 13.3. The number of benzene rings is 11. The van der Waals surface area contributed by atoms with Gasteiger partial charge in [-0.1, -0.05) is 258 Å². The molecule has 0 atom stereocenters. The van der Waals surface area contributed by atoms with Crippen molar-refractivity contribution in [2.75, 3.05) is 4.90 Å². The zero-order valence-corrected chi connectivity index (χ0v) is 50.8. The number of rotatable bonds is 11. The van der Waals surface area contributed by atoms with Crippen LogP contribution in [0.5, 0.6) is 0 Å². The molecule has 1 aliphatic carbocycles. The highest BCUT2D eigenvalue weighted by Gasteiger charge is 2.43. The van der Waals surface area contributed by atoms with Gasteiger partial charge in [-0.2, -0.15) is 9.97 Å². The van der Waals surface area contributed by atoms with Crippen molar-refractivity contribution >= 4 is 17.3 Å². The van der Waals surface area contributed by atoms with Crippen molar-refractivity contribution in [3.05, 3.63) is 313 Å². The third-order valence-corrected chi connectivity index (χ3v) is 18.1. The van der Waals surface area contributed by atoms with Crippen molar-refractivity contribution in [1.82, 2.24) is 34.9 Å². The van der Waals surface area contributed by atoms with Gasteiger partial charge >= 0.3 is 0 Å². The van der Waals surface area contributed by atoms with E-state index >= 15 is 0 Å². The van der Waals surface area contributed by atoms with E-state index in [4.69, 9.17) is 34.9 Å². The van der Waals surface area contributed by atoms with E-state index in [0.717, 1.165) is 106 Å². The molecule has 0 N–H and O–H groups in total. The van der Waals surface area contributed by atoms with E-state index in [0.29, 0.717) is 29.2 Å². The molecule has 0 spiro atoms. The van der Waals surface area contributed by atoms with Crippen LogP contribution in [0.3, 0.4) is 0 Å². The monoisotopic (exact) mass is 1170 g/mol. The Bertz CT molecular complexity index is 4780. The van der Waals surface area contributed by atoms with Gasteiger partial charge in [0.1, 0.15) is 0 Å². The molecule has 8 heteroatoms. The molecule has 0 bridgehead atoms. The molecule has 91 heavy (non-hydrogen) atoms. The predicted molar refractivity (Wildman–Crippen MR) is 370 cm³/mol. The summed E-state index contributed by atoms with van der Waals surface area (Å²) in [5, 5.41) is 0. The minimum atomic E-state index is -0.480. The van der Waals surface area contributed by atoms with Crippen molar-refractivity contribution in [3.63, 3.8) is 0 Å². The summed E-state index contributed by atoms with van der Waals surface area (Å²) in [6.45, 7) is 9.41. The van der Waals surface area contributed by atoms with Crippen LogP contribution in [-0.2, 0) is 10.8 Å². The van der Waals surface area contributed by atoms with Crippen molar-refractivity contribution in [3.8, 4) is 124 Å². The predicted octanol–water partition coefficient (Wildman–Crippen LogP) is 20.5. The van der Waals surface area contributed by atoms with Crippen LogP contribution in [0.1, 0.15) is 49.9 Å². The SMILES string of the molecule is CC1(C)c2ccccc2-c2cc3c(cc21)N(c1nc(-c2ccccc2)nc(-c2ccccc2)n1)c1ccc(-c2cccc(-c4cc(-c5nc(-c6ccccc6)cc(-c6ccccc6)n5)cc(-c5nc(-c6ccccc6)cc(-c6ccccc6)n5)c4)c2)cc1C3(C)C. The van der Waals surface area contributed by atoms with E-state index in [1.54, 1.807) is 0 Å². The van der Waals surface area contributed by atoms with Crippen LogP contribution >= 0.6 is 0 Å². The maximum Gasteiger partial charge on any atom is 0.238 e. The van der Waals surface area contributed by atoms with Gasteiger partial charge < -0.3 is 0 Å². The molecule has 0 unspecified atom stereocenters. The summed E-state index contributed by atoms with van der Waals surface area (Å²) in [7, 11) is 0. The van der Waals surface area contributed by atoms with Gasteiger partial charge in [-0.05, 0) is 116 Å². The summed E-state index contributed by atoms with van der Waals surface area (Å²) in [6.07, 6.45) is 0. The van der Waals surface area contributed by atoms with Crippen LogP contribution in [0.2, 0.25) is 0 Å². The van der Waals surface area contributed by atoms with Gasteiger partial charge in [-0.25, -0.2) is 24.9 Å².